The predicted octanol–water partition coefficient (Wildman–Crippen LogP) is 1.44. The Kier molecular flexibility index (Phi) is 5.72. The molecule has 1 rings (SSSR count). The Morgan fingerprint density at radius 3 is 2.07 bits per heavy atom. The van der Waals surface area contributed by atoms with Crippen molar-refractivity contribution in [3.63, 3.8) is 0 Å². The van der Waals surface area contributed by atoms with E-state index in [-0.39, 0.29) is 18.4 Å². The van der Waals surface area contributed by atoms with Gasteiger partial charge in [0, 0.05) is 0 Å². The molecule has 0 aliphatic carbocycles. The fourth-order valence-corrected chi connectivity index (χ4v) is 1.06. The Bertz CT molecular complexity index is 289. The Labute approximate surface area is 90.6 Å². The summed E-state index contributed by atoms with van der Waals surface area (Å²) in [5, 5.41) is 0. The maximum absolute atomic E-state index is 5.22. The van der Waals surface area contributed by atoms with Gasteiger partial charge in [0.1, 0.15) is 0 Å². The molecule has 0 aliphatic rings. The van der Waals surface area contributed by atoms with Gasteiger partial charge in [-0.25, -0.2) is 4.99 Å². The molecule has 0 amide bonds. The highest BCUT2D eigenvalue weighted by Crippen LogP contribution is 2.05. The van der Waals surface area contributed by atoms with Gasteiger partial charge in [-0.05, 0) is 17.5 Å². The highest BCUT2D eigenvalue weighted by molar-refractivity contribution is 5.85. The minimum absolute atomic E-state index is 0. The first-order valence-corrected chi connectivity index (χ1v) is 4.35. The number of benzene rings is 1. The molecule has 14 heavy (non-hydrogen) atoms. The molecule has 3 nitrogen and oxygen atoms in total. The Hall–Kier alpha value is -1.22. The van der Waals surface area contributed by atoms with Crippen LogP contribution in [-0.4, -0.2) is 5.96 Å². The van der Waals surface area contributed by atoms with Gasteiger partial charge in [-0.2, -0.15) is 0 Å². The quantitative estimate of drug-likeness (QED) is 0.590. The standard InChI is InChI=1S/C10H15N3.ClH/c1-2-8-3-5-9(6-4-8)7-13-10(11)12;/h3-6H,2,7H2,1H3,(H4,11,12,13);1H. The van der Waals surface area contributed by atoms with Gasteiger partial charge >= 0.3 is 0 Å². The van der Waals surface area contributed by atoms with E-state index in [1.54, 1.807) is 0 Å². The Morgan fingerprint density at radius 1 is 1.14 bits per heavy atom. The van der Waals surface area contributed by atoms with Gasteiger partial charge in [0.2, 0.25) is 0 Å². The van der Waals surface area contributed by atoms with E-state index in [1.807, 2.05) is 12.1 Å². The number of aryl methyl sites for hydroxylation is 1. The summed E-state index contributed by atoms with van der Waals surface area (Å²) in [6, 6.07) is 8.28. The smallest absolute Gasteiger partial charge is 0.186 e. The van der Waals surface area contributed by atoms with Crippen molar-refractivity contribution in [2.24, 2.45) is 16.5 Å². The van der Waals surface area contributed by atoms with E-state index in [4.69, 9.17) is 11.5 Å². The van der Waals surface area contributed by atoms with E-state index in [1.165, 1.54) is 5.56 Å². The molecule has 0 saturated heterocycles. The summed E-state index contributed by atoms with van der Waals surface area (Å²) in [6.45, 7) is 2.69. The van der Waals surface area contributed by atoms with Crippen LogP contribution in [-0.2, 0) is 13.0 Å². The molecule has 0 fully saturated rings. The van der Waals surface area contributed by atoms with Crippen molar-refractivity contribution in [3.8, 4) is 0 Å². The van der Waals surface area contributed by atoms with Crippen LogP contribution in [0, 0.1) is 0 Å². The van der Waals surface area contributed by atoms with Crippen LogP contribution in [0.2, 0.25) is 0 Å². The monoisotopic (exact) mass is 213 g/mol. The maximum Gasteiger partial charge on any atom is 0.186 e. The molecule has 1 aromatic rings. The van der Waals surface area contributed by atoms with Gasteiger partial charge < -0.3 is 11.5 Å². The predicted molar refractivity (Wildman–Crippen MR) is 62.6 cm³/mol. The molecule has 0 aliphatic heterocycles. The minimum atomic E-state index is 0. The zero-order valence-electron chi connectivity index (χ0n) is 8.23. The lowest BCUT2D eigenvalue weighted by molar-refractivity contribution is 1.04. The van der Waals surface area contributed by atoms with Crippen LogP contribution in [0.3, 0.4) is 0 Å². The highest BCUT2D eigenvalue weighted by atomic mass is 35.5. The van der Waals surface area contributed by atoms with Crippen LogP contribution >= 0.6 is 12.4 Å². The first-order valence-electron chi connectivity index (χ1n) is 4.35. The molecule has 0 spiro atoms. The van der Waals surface area contributed by atoms with Crippen LogP contribution in [0.5, 0.6) is 0 Å². The third-order valence-electron chi connectivity index (χ3n) is 1.88. The lowest BCUT2D eigenvalue weighted by Gasteiger charge is -1.99. The molecule has 0 radical (unpaired) electrons. The largest absolute Gasteiger partial charge is 0.370 e. The summed E-state index contributed by atoms with van der Waals surface area (Å²) in [4.78, 5) is 3.92. The first-order chi connectivity index (χ1) is 6.22. The van der Waals surface area contributed by atoms with Crippen LogP contribution in [0.4, 0.5) is 0 Å². The van der Waals surface area contributed by atoms with Gasteiger partial charge in [0.15, 0.2) is 5.96 Å². The summed E-state index contributed by atoms with van der Waals surface area (Å²) >= 11 is 0. The van der Waals surface area contributed by atoms with E-state index in [9.17, 15) is 0 Å². The molecule has 78 valence electrons. The number of hydrogen-bond acceptors (Lipinski definition) is 1. The lowest BCUT2D eigenvalue weighted by Crippen LogP contribution is -2.22. The number of nitrogens with two attached hydrogens (primary N) is 2. The maximum atomic E-state index is 5.22. The number of guanidine groups is 1. The molecule has 0 bridgehead atoms. The van der Waals surface area contributed by atoms with Crippen LogP contribution in [0.25, 0.3) is 0 Å². The summed E-state index contributed by atoms with van der Waals surface area (Å²) in [7, 11) is 0. The van der Waals surface area contributed by atoms with Crippen molar-refractivity contribution < 1.29 is 0 Å². The van der Waals surface area contributed by atoms with E-state index in [0.717, 1.165) is 12.0 Å². The third-order valence-corrected chi connectivity index (χ3v) is 1.88. The summed E-state index contributed by atoms with van der Waals surface area (Å²) in [6.07, 6.45) is 1.06. The number of halogens is 1. The van der Waals surface area contributed by atoms with E-state index in [2.05, 4.69) is 24.0 Å². The summed E-state index contributed by atoms with van der Waals surface area (Å²) < 4.78 is 0. The molecular weight excluding hydrogens is 198 g/mol. The van der Waals surface area contributed by atoms with E-state index < -0.39 is 0 Å². The number of nitrogens with zero attached hydrogens (tertiary/aromatic N) is 1. The summed E-state index contributed by atoms with van der Waals surface area (Å²) in [5.41, 5.74) is 12.9. The SMILES string of the molecule is CCc1ccc(CN=C(N)N)cc1.Cl. The van der Waals surface area contributed by atoms with Crippen molar-refractivity contribution in [3.05, 3.63) is 35.4 Å². The van der Waals surface area contributed by atoms with Crippen molar-refractivity contribution in [1.29, 1.82) is 0 Å². The van der Waals surface area contributed by atoms with Crippen molar-refractivity contribution in [2.75, 3.05) is 0 Å². The van der Waals surface area contributed by atoms with Gasteiger partial charge in [0.05, 0.1) is 6.54 Å². The second-order valence-corrected chi connectivity index (χ2v) is 2.91. The number of rotatable bonds is 3. The molecule has 0 heterocycles. The van der Waals surface area contributed by atoms with Crippen molar-refractivity contribution in [2.45, 2.75) is 19.9 Å². The van der Waals surface area contributed by atoms with Gasteiger partial charge in [-0.1, -0.05) is 31.2 Å². The highest BCUT2D eigenvalue weighted by Gasteiger charge is 1.91. The van der Waals surface area contributed by atoms with Gasteiger partial charge in [-0.15, -0.1) is 12.4 Å². The topological polar surface area (TPSA) is 64.4 Å². The summed E-state index contributed by atoms with van der Waals surface area (Å²) in [5.74, 6) is 0.138. The first kappa shape index (κ1) is 12.8. The molecule has 0 unspecified atom stereocenters. The molecule has 1 aromatic carbocycles. The zero-order valence-corrected chi connectivity index (χ0v) is 9.05. The van der Waals surface area contributed by atoms with E-state index in [0.29, 0.717) is 6.54 Å². The second-order valence-electron chi connectivity index (χ2n) is 2.91. The van der Waals surface area contributed by atoms with Gasteiger partial charge in [-0.3, -0.25) is 0 Å². The Morgan fingerprint density at radius 2 is 1.64 bits per heavy atom. The van der Waals surface area contributed by atoms with Gasteiger partial charge in [0.25, 0.3) is 0 Å². The molecule has 0 aromatic heterocycles. The average Bonchev–Trinajstić information content (AvgIpc) is 2.15. The average molecular weight is 214 g/mol. The zero-order chi connectivity index (χ0) is 9.68. The fraction of sp³-hybridized carbons (Fsp3) is 0.300. The Balaban J connectivity index is 0.00000169. The van der Waals surface area contributed by atoms with Crippen molar-refractivity contribution >= 4 is 18.4 Å². The molecule has 0 saturated carbocycles. The minimum Gasteiger partial charge on any atom is -0.370 e. The normalized spacial score (nSPS) is 8.93. The van der Waals surface area contributed by atoms with Crippen LogP contribution < -0.4 is 11.5 Å². The lowest BCUT2D eigenvalue weighted by atomic mass is 10.1. The molecular formula is C10H16ClN3. The second kappa shape index (κ2) is 6.27. The third kappa shape index (κ3) is 4.14. The van der Waals surface area contributed by atoms with Crippen molar-refractivity contribution in [1.82, 2.24) is 0 Å². The fourth-order valence-electron chi connectivity index (χ4n) is 1.06. The van der Waals surface area contributed by atoms with Crippen LogP contribution in [0.15, 0.2) is 29.3 Å². The molecule has 4 N–H and O–H groups in total. The number of aliphatic imine (C=N–C) groups is 1. The number of hydrogen-bond donors (Lipinski definition) is 2. The molecule has 0 atom stereocenters. The van der Waals surface area contributed by atoms with Crippen LogP contribution in [0.1, 0.15) is 18.1 Å². The molecule has 4 heteroatoms. The van der Waals surface area contributed by atoms with E-state index >= 15 is 0 Å².